The van der Waals surface area contributed by atoms with E-state index in [2.05, 4.69) is 0 Å². The zero-order valence-electron chi connectivity index (χ0n) is 25.6. The van der Waals surface area contributed by atoms with Crippen molar-refractivity contribution in [3.05, 3.63) is 107 Å². The lowest BCUT2D eigenvalue weighted by Crippen LogP contribution is -2.22. The molecule has 0 radical (unpaired) electrons. The zero-order chi connectivity index (χ0) is 32.4. The third-order valence-electron chi connectivity index (χ3n) is 7.01. The van der Waals surface area contributed by atoms with E-state index in [1.54, 1.807) is 0 Å². The van der Waals surface area contributed by atoms with Crippen LogP contribution in [0.15, 0.2) is 84.9 Å². The van der Waals surface area contributed by atoms with Crippen molar-refractivity contribution in [2.75, 3.05) is 39.9 Å². The number of benzene rings is 4. The SMILES string of the molecule is COc1cc(C(O)CS(=O)(=O)CC(O)c2cc(OC)c(OCc3ccccc3)c(OC)c2)cc(OC)c1OCc1ccccc1. The second-order valence-electron chi connectivity index (χ2n) is 10.2. The predicted octanol–water partition coefficient (Wildman–Crippen LogP) is 5.06. The lowest BCUT2D eigenvalue weighted by molar-refractivity contribution is 0.192. The van der Waals surface area contributed by atoms with E-state index in [0.29, 0.717) is 11.5 Å². The first-order chi connectivity index (χ1) is 21.7. The normalized spacial score (nSPS) is 12.6. The fraction of sp³-hybridized carbons (Fsp3) is 0.294. The molecule has 2 atom stereocenters. The maximum atomic E-state index is 13.2. The number of hydrogen-bond donors (Lipinski definition) is 2. The Hall–Kier alpha value is -4.45. The summed E-state index contributed by atoms with van der Waals surface area (Å²) in [5, 5.41) is 21.9. The largest absolute Gasteiger partial charge is 0.493 e. The van der Waals surface area contributed by atoms with Crippen molar-refractivity contribution in [2.24, 2.45) is 0 Å². The Labute approximate surface area is 263 Å². The molecule has 10 nitrogen and oxygen atoms in total. The van der Waals surface area contributed by atoms with E-state index >= 15 is 0 Å². The molecule has 0 saturated heterocycles. The topological polar surface area (TPSA) is 130 Å². The molecule has 11 heteroatoms. The van der Waals surface area contributed by atoms with Crippen LogP contribution in [0.5, 0.6) is 34.5 Å². The zero-order valence-corrected chi connectivity index (χ0v) is 26.5. The third-order valence-corrected chi connectivity index (χ3v) is 8.66. The van der Waals surface area contributed by atoms with E-state index in [9.17, 15) is 18.6 Å². The molecule has 4 rings (SSSR count). The van der Waals surface area contributed by atoms with Crippen LogP contribution in [0.3, 0.4) is 0 Å². The minimum Gasteiger partial charge on any atom is -0.493 e. The number of aliphatic hydroxyl groups is 2. The van der Waals surface area contributed by atoms with Crippen molar-refractivity contribution in [3.63, 3.8) is 0 Å². The van der Waals surface area contributed by atoms with Gasteiger partial charge in [0.25, 0.3) is 0 Å². The van der Waals surface area contributed by atoms with Gasteiger partial charge in [-0.2, -0.15) is 0 Å². The highest BCUT2D eigenvalue weighted by atomic mass is 32.2. The summed E-state index contributed by atoms with van der Waals surface area (Å²) in [6, 6.07) is 25.1. The standard InChI is InChI=1S/C34H38O10S/c1-39-29-15-25(16-30(40-2)33(29)43-19-23-11-7-5-8-12-23)27(35)21-45(37,38)22-28(36)26-17-31(41-3)34(32(18-26)42-4)44-20-24-13-9-6-10-14-24/h5-18,27-28,35-36H,19-22H2,1-4H3. The molecule has 0 heterocycles. The molecule has 0 fully saturated rings. The summed E-state index contributed by atoms with van der Waals surface area (Å²) in [6.45, 7) is 0.495. The predicted molar refractivity (Wildman–Crippen MR) is 169 cm³/mol. The lowest BCUT2D eigenvalue weighted by atomic mass is 10.1. The van der Waals surface area contributed by atoms with E-state index in [-0.39, 0.29) is 47.3 Å². The van der Waals surface area contributed by atoms with E-state index in [1.807, 2.05) is 60.7 Å². The van der Waals surface area contributed by atoms with Gasteiger partial charge < -0.3 is 38.6 Å². The average molecular weight is 639 g/mol. The molecule has 2 unspecified atom stereocenters. The summed E-state index contributed by atoms with van der Waals surface area (Å²) >= 11 is 0. The molecule has 2 N–H and O–H groups in total. The maximum absolute atomic E-state index is 13.2. The van der Waals surface area contributed by atoms with Crippen LogP contribution in [0.1, 0.15) is 34.5 Å². The molecule has 4 aromatic rings. The van der Waals surface area contributed by atoms with Crippen molar-refractivity contribution < 1.29 is 47.1 Å². The van der Waals surface area contributed by atoms with Gasteiger partial charge in [-0.1, -0.05) is 60.7 Å². The quantitative estimate of drug-likeness (QED) is 0.172. The fourth-order valence-corrected chi connectivity index (χ4v) is 6.15. The second-order valence-corrected chi connectivity index (χ2v) is 12.3. The van der Waals surface area contributed by atoms with Crippen molar-refractivity contribution >= 4 is 9.84 Å². The van der Waals surface area contributed by atoms with Gasteiger partial charge in [-0.3, -0.25) is 0 Å². The summed E-state index contributed by atoms with van der Waals surface area (Å²) in [5.74, 6) is 0.390. The third kappa shape index (κ3) is 8.81. The Morgan fingerprint density at radius 1 is 0.556 bits per heavy atom. The molecular weight excluding hydrogens is 600 g/mol. The summed E-state index contributed by atoms with van der Waals surface area (Å²) in [4.78, 5) is 0. The number of methoxy groups -OCH3 is 4. The molecule has 0 aliphatic heterocycles. The summed E-state index contributed by atoms with van der Waals surface area (Å²) < 4.78 is 60.1. The molecule has 0 aliphatic rings. The number of rotatable bonds is 16. The van der Waals surface area contributed by atoms with E-state index in [0.717, 1.165) is 11.1 Å². The monoisotopic (exact) mass is 638 g/mol. The first-order valence-corrected chi connectivity index (χ1v) is 15.9. The van der Waals surface area contributed by atoms with Gasteiger partial charge in [0.05, 0.1) is 52.2 Å². The molecule has 0 spiro atoms. The minimum absolute atomic E-state index is 0.247. The van der Waals surface area contributed by atoms with Gasteiger partial charge in [0.15, 0.2) is 32.8 Å². The second kappa shape index (κ2) is 15.5. The smallest absolute Gasteiger partial charge is 0.203 e. The average Bonchev–Trinajstić information content (AvgIpc) is 3.05. The molecule has 45 heavy (non-hydrogen) atoms. The van der Waals surface area contributed by atoms with Crippen LogP contribution in [0, 0.1) is 0 Å². The van der Waals surface area contributed by atoms with Gasteiger partial charge >= 0.3 is 0 Å². The van der Waals surface area contributed by atoms with E-state index < -0.39 is 33.6 Å². The highest BCUT2D eigenvalue weighted by Gasteiger charge is 2.27. The molecule has 0 amide bonds. The lowest BCUT2D eigenvalue weighted by Gasteiger charge is -2.20. The summed E-state index contributed by atoms with van der Waals surface area (Å²) in [6.07, 6.45) is -2.88. The van der Waals surface area contributed by atoms with Crippen LogP contribution in [0.2, 0.25) is 0 Å². The van der Waals surface area contributed by atoms with Gasteiger partial charge in [-0.05, 0) is 46.5 Å². The van der Waals surface area contributed by atoms with Crippen molar-refractivity contribution in [1.82, 2.24) is 0 Å². The van der Waals surface area contributed by atoms with Crippen LogP contribution in [0.4, 0.5) is 0 Å². The highest BCUT2D eigenvalue weighted by Crippen LogP contribution is 2.42. The summed E-state index contributed by atoms with van der Waals surface area (Å²) in [5.41, 5.74) is 2.36. The molecule has 0 bridgehead atoms. The van der Waals surface area contributed by atoms with Crippen LogP contribution in [-0.4, -0.2) is 58.6 Å². The Balaban J connectivity index is 1.48. The Bertz CT molecular complexity index is 1480. The molecule has 240 valence electrons. The van der Waals surface area contributed by atoms with E-state index in [1.165, 1.54) is 52.7 Å². The van der Waals surface area contributed by atoms with Crippen molar-refractivity contribution in [2.45, 2.75) is 25.4 Å². The van der Waals surface area contributed by atoms with E-state index in [4.69, 9.17) is 28.4 Å². The maximum Gasteiger partial charge on any atom is 0.203 e. The highest BCUT2D eigenvalue weighted by molar-refractivity contribution is 7.91. The Morgan fingerprint density at radius 2 is 0.867 bits per heavy atom. The minimum atomic E-state index is -3.99. The van der Waals surface area contributed by atoms with Gasteiger partial charge in [0.1, 0.15) is 13.2 Å². The fourth-order valence-electron chi connectivity index (χ4n) is 4.67. The molecule has 0 aromatic heterocycles. The number of aliphatic hydroxyl groups excluding tert-OH is 2. The number of sulfone groups is 1. The first-order valence-electron chi connectivity index (χ1n) is 14.1. The Morgan fingerprint density at radius 3 is 1.16 bits per heavy atom. The van der Waals surface area contributed by atoms with Gasteiger partial charge in [0, 0.05) is 0 Å². The first kappa shape index (κ1) is 33.4. The van der Waals surface area contributed by atoms with Crippen LogP contribution < -0.4 is 28.4 Å². The molecule has 0 aliphatic carbocycles. The number of ether oxygens (including phenoxy) is 6. The van der Waals surface area contributed by atoms with Gasteiger partial charge in [0.2, 0.25) is 11.5 Å². The van der Waals surface area contributed by atoms with Gasteiger partial charge in [-0.15, -0.1) is 0 Å². The van der Waals surface area contributed by atoms with Crippen molar-refractivity contribution in [1.29, 1.82) is 0 Å². The van der Waals surface area contributed by atoms with Crippen LogP contribution in [0.25, 0.3) is 0 Å². The molecule has 4 aromatic carbocycles. The van der Waals surface area contributed by atoms with Gasteiger partial charge in [-0.25, -0.2) is 8.42 Å². The Kier molecular flexibility index (Phi) is 11.5. The van der Waals surface area contributed by atoms with Crippen LogP contribution >= 0.6 is 0 Å². The van der Waals surface area contributed by atoms with Crippen LogP contribution in [-0.2, 0) is 23.1 Å². The number of hydrogen-bond acceptors (Lipinski definition) is 10. The molecular formula is C34H38O10S. The summed E-state index contributed by atoms with van der Waals surface area (Å²) in [7, 11) is 1.76. The van der Waals surface area contributed by atoms with Crippen molar-refractivity contribution in [3.8, 4) is 34.5 Å². The molecule has 0 saturated carbocycles.